The van der Waals surface area contributed by atoms with Gasteiger partial charge in [-0.1, -0.05) is 0 Å². The summed E-state index contributed by atoms with van der Waals surface area (Å²) in [5.41, 5.74) is 0. The van der Waals surface area contributed by atoms with E-state index in [1.54, 1.807) is 18.7 Å². The second-order valence-electron chi connectivity index (χ2n) is 3.18. The van der Waals surface area contributed by atoms with Gasteiger partial charge < -0.3 is 15.7 Å². The Hall–Kier alpha value is -0.260. The molecule has 13 heavy (non-hydrogen) atoms. The van der Waals surface area contributed by atoms with Gasteiger partial charge in [0.25, 0.3) is 0 Å². The molecule has 1 heterocycles. The van der Waals surface area contributed by atoms with Crippen molar-refractivity contribution in [2.24, 2.45) is 0 Å². The first-order valence-electron chi connectivity index (χ1n) is 4.47. The fourth-order valence-electron chi connectivity index (χ4n) is 1.11. The smallest absolute Gasteiger partial charge is 0.238 e. The Morgan fingerprint density at radius 3 is 3.15 bits per heavy atom. The van der Waals surface area contributed by atoms with Crippen LogP contribution >= 0.6 is 11.8 Å². The fourth-order valence-corrected chi connectivity index (χ4v) is 2.04. The number of thioether (sulfide) groups is 1. The van der Waals surface area contributed by atoms with Crippen molar-refractivity contribution in [1.29, 1.82) is 0 Å². The van der Waals surface area contributed by atoms with Crippen LogP contribution in [0.3, 0.4) is 0 Å². The standard InChI is InChI=1S/C8H16N2O2S/c1-6(11)4-10-8(12)7-5-13-3-2-9-7/h6-7,9,11H,2-5H2,1H3,(H,10,12)/t6-,7?/m1/s1. The van der Waals surface area contributed by atoms with Crippen molar-refractivity contribution in [3.8, 4) is 0 Å². The third-order valence-electron chi connectivity index (χ3n) is 1.81. The zero-order valence-corrected chi connectivity index (χ0v) is 8.56. The number of hydrogen-bond acceptors (Lipinski definition) is 4. The topological polar surface area (TPSA) is 61.4 Å². The summed E-state index contributed by atoms with van der Waals surface area (Å²) in [7, 11) is 0. The van der Waals surface area contributed by atoms with Crippen LogP contribution in [0.25, 0.3) is 0 Å². The molecule has 0 aromatic rings. The Balaban J connectivity index is 2.21. The number of rotatable bonds is 3. The number of carbonyl (C=O) groups is 1. The summed E-state index contributed by atoms with van der Waals surface area (Å²) in [6, 6.07) is -0.0856. The van der Waals surface area contributed by atoms with Gasteiger partial charge in [-0.3, -0.25) is 4.79 Å². The van der Waals surface area contributed by atoms with Crippen LogP contribution in [0.4, 0.5) is 0 Å². The van der Waals surface area contributed by atoms with Crippen LogP contribution in [0.15, 0.2) is 0 Å². The van der Waals surface area contributed by atoms with E-state index in [-0.39, 0.29) is 11.9 Å². The van der Waals surface area contributed by atoms with E-state index in [0.717, 1.165) is 18.1 Å². The van der Waals surface area contributed by atoms with Gasteiger partial charge >= 0.3 is 0 Å². The summed E-state index contributed by atoms with van der Waals surface area (Å²) < 4.78 is 0. The lowest BCUT2D eigenvalue weighted by Crippen LogP contribution is -2.50. The van der Waals surface area contributed by atoms with Gasteiger partial charge in [-0.25, -0.2) is 0 Å². The van der Waals surface area contributed by atoms with E-state index in [1.807, 2.05) is 0 Å². The van der Waals surface area contributed by atoms with Gasteiger partial charge in [-0.05, 0) is 6.92 Å². The monoisotopic (exact) mass is 204 g/mol. The molecule has 4 nitrogen and oxygen atoms in total. The van der Waals surface area contributed by atoms with Crippen LogP contribution < -0.4 is 10.6 Å². The van der Waals surface area contributed by atoms with Gasteiger partial charge in [0.15, 0.2) is 0 Å². The van der Waals surface area contributed by atoms with Gasteiger partial charge in [-0.2, -0.15) is 11.8 Å². The molecule has 3 N–H and O–H groups in total. The quantitative estimate of drug-likeness (QED) is 0.562. The van der Waals surface area contributed by atoms with Crippen molar-refractivity contribution in [3.63, 3.8) is 0 Å². The lowest BCUT2D eigenvalue weighted by atomic mass is 10.3. The molecule has 5 heteroatoms. The maximum atomic E-state index is 11.4. The molecular formula is C8H16N2O2S. The van der Waals surface area contributed by atoms with Crippen LogP contribution in [0.1, 0.15) is 6.92 Å². The number of hydrogen-bond donors (Lipinski definition) is 3. The molecule has 1 aliphatic heterocycles. The second-order valence-corrected chi connectivity index (χ2v) is 4.33. The molecule has 1 aliphatic rings. The van der Waals surface area contributed by atoms with Crippen LogP contribution in [-0.4, -0.2) is 47.8 Å². The van der Waals surface area contributed by atoms with E-state index >= 15 is 0 Å². The zero-order chi connectivity index (χ0) is 9.68. The number of aliphatic hydroxyl groups excluding tert-OH is 1. The summed E-state index contributed by atoms with van der Waals surface area (Å²) in [6.07, 6.45) is -0.472. The largest absolute Gasteiger partial charge is 0.392 e. The molecule has 0 aliphatic carbocycles. The van der Waals surface area contributed by atoms with Crippen molar-refractivity contribution in [2.45, 2.75) is 19.1 Å². The van der Waals surface area contributed by atoms with Gasteiger partial charge in [0.1, 0.15) is 0 Å². The highest BCUT2D eigenvalue weighted by molar-refractivity contribution is 7.99. The fraction of sp³-hybridized carbons (Fsp3) is 0.875. The molecule has 0 aromatic heterocycles. The average molecular weight is 204 g/mol. The summed E-state index contributed by atoms with van der Waals surface area (Å²) in [4.78, 5) is 11.4. The van der Waals surface area contributed by atoms with Gasteiger partial charge in [0.05, 0.1) is 12.1 Å². The van der Waals surface area contributed by atoms with Crippen molar-refractivity contribution >= 4 is 17.7 Å². The maximum absolute atomic E-state index is 11.4. The van der Waals surface area contributed by atoms with Crippen LogP contribution in [0.2, 0.25) is 0 Å². The molecule has 1 amide bonds. The van der Waals surface area contributed by atoms with E-state index in [0.29, 0.717) is 6.54 Å². The van der Waals surface area contributed by atoms with E-state index < -0.39 is 6.10 Å². The molecule has 0 bridgehead atoms. The third kappa shape index (κ3) is 3.97. The maximum Gasteiger partial charge on any atom is 0.238 e. The molecule has 0 aromatic carbocycles. The molecule has 0 radical (unpaired) electrons. The normalized spacial score (nSPS) is 25.2. The zero-order valence-electron chi connectivity index (χ0n) is 7.75. The Bertz CT molecular complexity index is 170. The Kier molecular flexibility index (Phi) is 4.55. The Labute approximate surface area is 82.5 Å². The molecule has 0 spiro atoms. The van der Waals surface area contributed by atoms with Gasteiger partial charge in [-0.15, -0.1) is 0 Å². The first-order chi connectivity index (χ1) is 6.20. The van der Waals surface area contributed by atoms with Gasteiger partial charge in [0, 0.05) is 24.6 Å². The highest BCUT2D eigenvalue weighted by Crippen LogP contribution is 2.07. The highest BCUT2D eigenvalue weighted by Gasteiger charge is 2.20. The summed E-state index contributed by atoms with van der Waals surface area (Å²) in [5.74, 6) is 1.89. The summed E-state index contributed by atoms with van der Waals surface area (Å²) in [6.45, 7) is 2.88. The molecule has 1 fully saturated rings. The highest BCUT2D eigenvalue weighted by atomic mass is 32.2. The Morgan fingerprint density at radius 2 is 2.62 bits per heavy atom. The van der Waals surface area contributed by atoms with E-state index in [1.165, 1.54) is 0 Å². The molecule has 2 atom stereocenters. The van der Waals surface area contributed by atoms with Gasteiger partial charge in [0.2, 0.25) is 5.91 Å². The lowest BCUT2D eigenvalue weighted by Gasteiger charge is -2.22. The van der Waals surface area contributed by atoms with Crippen molar-refractivity contribution in [3.05, 3.63) is 0 Å². The van der Waals surface area contributed by atoms with E-state index in [9.17, 15) is 4.79 Å². The van der Waals surface area contributed by atoms with Crippen molar-refractivity contribution in [1.82, 2.24) is 10.6 Å². The predicted molar refractivity (Wildman–Crippen MR) is 53.8 cm³/mol. The molecule has 1 saturated heterocycles. The first-order valence-corrected chi connectivity index (χ1v) is 5.62. The van der Waals surface area contributed by atoms with E-state index in [2.05, 4.69) is 10.6 Å². The number of amides is 1. The molecule has 1 unspecified atom stereocenters. The number of aliphatic hydroxyl groups is 1. The molecule has 76 valence electrons. The van der Waals surface area contributed by atoms with Crippen LogP contribution in [0, 0.1) is 0 Å². The van der Waals surface area contributed by atoms with Crippen molar-refractivity contribution in [2.75, 3.05) is 24.6 Å². The van der Waals surface area contributed by atoms with Crippen LogP contribution in [0.5, 0.6) is 0 Å². The predicted octanol–water partition coefficient (Wildman–Crippen LogP) is -0.812. The van der Waals surface area contributed by atoms with Crippen molar-refractivity contribution < 1.29 is 9.90 Å². The average Bonchev–Trinajstić information content (AvgIpc) is 2.15. The molecule has 0 saturated carbocycles. The second kappa shape index (κ2) is 5.47. The first kappa shape index (κ1) is 10.8. The molecule has 1 rings (SSSR count). The SMILES string of the molecule is C[C@@H](O)CNC(=O)C1CSCCN1. The summed E-state index contributed by atoms with van der Waals surface area (Å²) >= 11 is 1.78. The van der Waals surface area contributed by atoms with E-state index in [4.69, 9.17) is 5.11 Å². The van der Waals surface area contributed by atoms with Crippen LogP contribution in [-0.2, 0) is 4.79 Å². The molecular weight excluding hydrogens is 188 g/mol. The third-order valence-corrected chi connectivity index (χ3v) is 2.87. The Morgan fingerprint density at radius 1 is 1.85 bits per heavy atom. The minimum atomic E-state index is -0.472. The number of carbonyl (C=O) groups excluding carboxylic acids is 1. The minimum Gasteiger partial charge on any atom is -0.392 e. The number of nitrogens with one attached hydrogen (secondary N) is 2. The summed E-state index contributed by atoms with van der Waals surface area (Å²) in [5, 5.41) is 14.8. The minimum absolute atomic E-state index is 0.00639. The lowest BCUT2D eigenvalue weighted by molar-refractivity contribution is -0.123.